The summed E-state index contributed by atoms with van der Waals surface area (Å²) in [5, 5.41) is 8.95. The number of anilines is 1. The van der Waals surface area contributed by atoms with Crippen LogP contribution in [0.15, 0.2) is 35.9 Å². The van der Waals surface area contributed by atoms with Gasteiger partial charge in [-0.1, -0.05) is 18.2 Å². The Kier molecular flexibility index (Phi) is 3.69. The minimum Gasteiger partial charge on any atom is -0.481 e. The van der Waals surface area contributed by atoms with Crippen LogP contribution in [-0.2, 0) is 9.59 Å². The third kappa shape index (κ3) is 2.67. The largest absolute Gasteiger partial charge is 0.481 e. The highest BCUT2D eigenvalue weighted by Crippen LogP contribution is 2.26. The van der Waals surface area contributed by atoms with E-state index in [2.05, 4.69) is 0 Å². The van der Waals surface area contributed by atoms with Crippen molar-refractivity contribution in [3.63, 3.8) is 0 Å². The third-order valence-corrected chi connectivity index (χ3v) is 3.52. The monoisotopic (exact) mass is 259 g/mol. The fourth-order valence-corrected chi connectivity index (χ4v) is 2.15. The van der Waals surface area contributed by atoms with Crippen LogP contribution in [0, 0.1) is 0 Å². The molecule has 0 aliphatic carbocycles. The van der Waals surface area contributed by atoms with Crippen LogP contribution in [-0.4, -0.2) is 23.5 Å². The van der Waals surface area contributed by atoms with Gasteiger partial charge in [0.1, 0.15) is 0 Å². The lowest BCUT2D eigenvalue weighted by Gasteiger charge is -2.16. The zero-order chi connectivity index (χ0) is 14.0. The zero-order valence-electron chi connectivity index (χ0n) is 11.1. The standard InChI is InChI=1S/C15H17NO3/c1-3-11-8-14(17)16(9-11)13-6-4-12(5-7-13)10(2)15(18)19/h3-7,10H,8-9H2,1-2H3,(H,18,19)/b11-3+. The molecule has 1 aliphatic heterocycles. The Hall–Kier alpha value is -2.10. The number of benzene rings is 1. The van der Waals surface area contributed by atoms with Gasteiger partial charge in [0.15, 0.2) is 0 Å². The second-order valence-electron chi connectivity index (χ2n) is 4.76. The van der Waals surface area contributed by atoms with E-state index in [0.717, 1.165) is 16.8 Å². The summed E-state index contributed by atoms with van der Waals surface area (Å²) in [6, 6.07) is 7.17. The Morgan fingerprint density at radius 2 is 2.00 bits per heavy atom. The van der Waals surface area contributed by atoms with E-state index in [9.17, 15) is 9.59 Å². The maximum Gasteiger partial charge on any atom is 0.310 e. The first kappa shape index (κ1) is 13.3. The van der Waals surface area contributed by atoms with E-state index >= 15 is 0 Å². The first-order valence-corrected chi connectivity index (χ1v) is 6.30. The van der Waals surface area contributed by atoms with Gasteiger partial charge in [-0.15, -0.1) is 0 Å². The van der Waals surface area contributed by atoms with Gasteiger partial charge in [-0.2, -0.15) is 0 Å². The fourth-order valence-electron chi connectivity index (χ4n) is 2.15. The summed E-state index contributed by atoms with van der Waals surface area (Å²) in [6.45, 7) is 4.21. The molecule has 1 aromatic carbocycles. The Labute approximate surface area is 112 Å². The molecule has 1 atom stereocenters. The highest BCUT2D eigenvalue weighted by Gasteiger charge is 2.25. The van der Waals surface area contributed by atoms with Gasteiger partial charge in [-0.3, -0.25) is 9.59 Å². The van der Waals surface area contributed by atoms with Crippen LogP contribution >= 0.6 is 0 Å². The fraction of sp³-hybridized carbons (Fsp3) is 0.333. The maximum absolute atomic E-state index is 11.9. The smallest absolute Gasteiger partial charge is 0.310 e. The summed E-state index contributed by atoms with van der Waals surface area (Å²) in [4.78, 5) is 24.5. The number of carbonyl (C=O) groups is 2. The Bertz CT molecular complexity index is 531. The van der Waals surface area contributed by atoms with Crippen molar-refractivity contribution in [2.45, 2.75) is 26.2 Å². The predicted octanol–water partition coefficient (Wildman–Crippen LogP) is 2.56. The minimum atomic E-state index is -0.846. The van der Waals surface area contributed by atoms with Crippen LogP contribution in [0.25, 0.3) is 0 Å². The van der Waals surface area contributed by atoms with Crippen molar-refractivity contribution in [3.8, 4) is 0 Å². The van der Waals surface area contributed by atoms with Gasteiger partial charge in [-0.05, 0) is 37.1 Å². The molecule has 0 saturated carbocycles. The third-order valence-electron chi connectivity index (χ3n) is 3.52. The summed E-state index contributed by atoms with van der Waals surface area (Å²) in [6.07, 6.45) is 2.45. The normalized spacial score (nSPS) is 18.9. The summed E-state index contributed by atoms with van der Waals surface area (Å²) < 4.78 is 0. The van der Waals surface area contributed by atoms with Gasteiger partial charge in [-0.25, -0.2) is 0 Å². The molecule has 2 rings (SSSR count). The van der Waals surface area contributed by atoms with Gasteiger partial charge >= 0.3 is 5.97 Å². The summed E-state index contributed by atoms with van der Waals surface area (Å²) >= 11 is 0. The molecule has 1 aliphatic rings. The average Bonchev–Trinajstić information content (AvgIpc) is 2.79. The van der Waals surface area contributed by atoms with E-state index in [1.807, 2.05) is 25.1 Å². The number of rotatable bonds is 3. The maximum atomic E-state index is 11.9. The molecule has 1 fully saturated rings. The predicted molar refractivity (Wildman–Crippen MR) is 73.2 cm³/mol. The Morgan fingerprint density at radius 1 is 1.37 bits per heavy atom. The van der Waals surface area contributed by atoms with E-state index < -0.39 is 11.9 Å². The van der Waals surface area contributed by atoms with Crippen molar-refractivity contribution >= 4 is 17.6 Å². The summed E-state index contributed by atoms with van der Waals surface area (Å²) in [5.74, 6) is -1.29. The molecule has 1 saturated heterocycles. The molecule has 0 spiro atoms. The molecule has 1 amide bonds. The van der Waals surface area contributed by atoms with Crippen LogP contribution in [0.1, 0.15) is 31.7 Å². The molecule has 0 bridgehead atoms. The number of allylic oxidation sites excluding steroid dienone is 1. The van der Waals surface area contributed by atoms with E-state index in [1.54, 1.807) is 24.0 Å². The second kappa shape index (κ2) is 5.26. The summed E-state index contributed by atoms with van der Waals surface area (Å²) in [7, 11) is 0. The molecule has 100 valence electrons. The number of aliphatic carboxylic acids is 1. The second-order valence-corrected chi connectivity index (χ2v) is 4.76. The number of nitrogens with zero attached hydrogens (tertiary/aromatic N) is 1. The number of amides is 1. The molecule has 0 aromatic heterocycles. The molecule has 0 radical (unpaired) electrons. The van der Waals surface area contributed by atoms with Crippen molar-refractivity contribution in [2.24, 2.45) is 0 Å². The highest BCUT2D eigenvalue weighted by atomic mass is 16.4. The highest BCUT2D eigenvalue weighted by molar-refractivity contribution is 5.98. The molecule has 1 heterocycles. The molecule has 1 unspecified atom stereocenters. The lowest BCUT2D eigenvalue weighted by atomic mass is 10.0. The first-order valence-electron chi connectivity index (χ1n) is 6.30. The lowest BCUT2D eigenvalue weighted by molar-refractivity contribution is -0.138. The SMILES string of the molecule is C/C=C1\CC(=O)N(c2ccc(C(C)C(=O)O)cc2)C1. The number of hydrogen-bond donors (Lipinski definition) is 1. The minimum absolute atomic E-state index is 0.0899. The average molecular weight is 259 g/mol. The van der Waals surface area contributed by atoms with E-state index in [4.69, 9.17) is 5.11 Å². The van der Waals surface area contributed by atoms with E-state index in [0.29, 0.717) is 13.0 Å². The van der Waals surface area contributed by atoms with Crippen LogP contribution in [0.4, 0.5) is 5.69 Å². The van der Waals surface area contributed by atoms with Crippen molar-refractivity contribution in [1.29, 1.82) is 0 Å². The number of carboxylic acids is 1. The molecular weight excluding hydrogens is 242 g/mol. The van der Waals surface area contributed by atoms with Crippen molar-refractivity contribution in [3.05, 3.63) is 41.5 Å². The van der Waals surface area contributed by atoms with E-state index in [1.165, 1.54) is 0 Å². The first-order chi connectivity index (χ1) is 9.02. The zero-order valence-corrected chi connectivity index (χ0v) is 11.1. The van der Waals surface area contributed by atoms with Crippen molar-refractivity contribution < 1.29 is 14.7 Å². The van der Waals surface area contributed by atoms with Crippen LogP contribution in [0.3, 0.4) is 0 Å². The molecule has 4 heteroatoms. The quantitative estimate of drug-likeness (QED) is 0.849. The lowest BCUT2D eigenvalue weighted by Crippen LogP contribution is -2.23. The molecule has 4 nitrogen and oxygen atoms in total. The van der Waals surface area contributed by atoms with Crippen LogP contribution < -0.4 is 4.90 Å². The molecule has 1 aromatic rings. The number of hydrogen-bond acceptors (Lipinski definition) is 2. The van der Waals surface area contributed by atoms with Gasteiger partial charge in [0.05, 0.1) is 5.92 Å². The van der Waals surface area contributed by atoms with Crippen LogP contribution in [0.2, 0.25) is 0 Å². The Morgan fingerprint density at radius 3 is 2.47 bits per heavy atom. The van der Waals surface area contributed by atoms with E-state index in [-0.39, 0.29) is 5.91 Å². The topological polar surface area (TPSA) is 57.6 Å². The van der Waals surface area contributed by atoms with Crippen LogP contribution in [0.5, 0.6) is 0 Å². The van der Waals surface area contributed by atoms with Gasteiger partial charge in [0.2, 0.25) is 5.91 Å². The Balaban J connectivity index is 2.19. The van der Waals surface area contributed by atoms with Gasteiger partial charge in [0, 0.05) is 18.7 Å². The van der Waals surface area contributed by atoms with Gasteiger partial charge < -0.3 is 10.0 Å². The molecular formula is C15H17NO3. The van der Waals surface area contributed by atoms with Crippen molar-refractivity contribution in [2.75, 3.05) is 11.4 Å². The number of carboxylic acid groups (broad SMARTS) is 1. The van der Waals surface area contributed by atoms with Gasteiger partial charge in [0.25, 0.3) is 0 Å². The molecule has 1 N–H and O–H groups in total. The molecule has 19 heavy (non-hydrogen) atoms. The number of carbonyl (C=O) groups excluding carboxylic acids is 1. The summed E-state index contributed by atoms with van der Waals surface area (Å²) in [5.41, 5.74) is 2.69. The van der Waals surface area contributed by atoms with Crippen molar-refractivity contribution in [1.82, 2.24) is 0 Å².